The summed E-state index contributed by atoms with van der Waals surface area (Å²) < 4.78 is 4.87. The summed E-state index contributed by atoms with van der Waals surface area (Å²) in [5.41, 5.74) is 1.59. The van der Waals surface area contributed by atoms with Crippen molar-refractivity contribution in [3.63, 3.8) is 0 Å². The third-order valence-corrected chi connectivity index (χ3v) is 4.72. The minimum Gasteiger partial charge on any atom is -0.361 e. The number of benzene rings is 1. The standard InChI is InChI=1S/C18H17ClN4O3S/c1-11-7-14(23-26-11)17(24)21-9-16-22-15(10-27-16)18(25)20-6-5-12-3-2-4-13(19)8-12/h2-4,7-8,10H,5-6,9H2,1H3,(H,20,25)(H,21,24). The number of aromatic nitrogens is 2. The quantitative estimate of drug-likeness (QED) is 0.631. The number of hydrogen-bond acceptors (Lipinski definition) is 6. The first-order valence-corrected chi connectivity index (χ1v) is 9.45. The number of thiazole rings is 1. The summed E-state index contributed by atoms with van der Waals surface area (Å²) in [7, 11) is 0. The van der Waals surface area contributed by atoms with Gasteiger partial charge in [-0.15, -0.1) is 11.3 Å². The average Bonchev–Trinajstić information content (AvgIpc) is 3.29. The first-order valence-electron chi connectivity index (χ1n) is 8.20. The smallest absolute Gasteiger partial charge is 0.273 e. The van der Waals surface area contributed by atoms with E-state index < -0.39 is 0 Å². The summed E-state index contributed by atoms with van der Waals surface area (Å²) in [6.45, 7) is 2.40. The normalized spacial score (nSPS) is 10.6. The van der Waals surface area contributed by atoms with Crippen molar-refractivity contribution in [1.29, 1.82) is 0 Å². The summed E-state index contributed by atoms with van der Waals surface area (Å²) in [5.74, 6) is -0.0429. The SMILES string of the molecule is Cc1cc(C(=O)NCc2nc(C(=O)NCCc3cccc(Cl)c3)cs2)no1. The first kappa shape index (κ1) is 19.1. The van der Waals surface area contributed by atoms with Crippen LogP contribution in [0.15, 0.2) is 40.2 Å². The van der Waals surface area contributed by atoms with Crippen molar-refractivity contribution in [3.8, 4) is 0 Å². The van der Waals surface area contributed by atoms with Crippen LogP contribution in [-0.4, -0.2) is 28.5 Å². The molecule has 0 spiro atoms. The molecule has 27 heavy (non-hydrogen) atoms. The van der Waals surface area contributed by atoms with E-state index in [9.17, 15) is 9.59 Å². The van der Waals surface area contributed by atoms with Crippen molar-refractivity contribution in [2.24, 2.45) is 0 Å². The van der Waals surface area contributed by atoms with E-state index in [1.54, 1.807) is 18.4 Å². The van der Waals surface area contributed by atoms with Gasteiger partial charge in [0.2, 0.25) is 0 Å². The molecule has 3 aromatic rings. The van der Waals surface area contributed by atoms with E-state index in [1.165, 1.54) is 11.3 Å². The number of nitrogens with zero attached hydrogens (tertiary/aromatic N) is 2. The Morgan fingerprint density at radius 2 is 2.00 bits per heavy atom. The Kier molecular flexibility index (Phi) is 6.20. The van der Waals surface area contributed by atoms with Crippen LogP contribution in [0.5, 0.6) is 0 Å². The number of hydrogen-bond donors (Lipinski definition) is 2. The molecule has 140 valence electrons. The molecule has 7 nitrogen and oxygen atoms in total. The Morgan fingerprint density at radius 3 is 2.74 bits per heavy atom. The minimum absolute atomic E-state index is 0.211. The van der Waals surface area contributed by atoms with Crippen LogP contribution in [0.1, 0.15) is 37.3 Å². The molecule has 0 unspecified atom stereocenters. The van der Waals surface area contributed by atoms with Gasteiger partial charge in [-0.1, -0.05) is 28.9 Å². The summed E-state index contributed by atoms with van der Waals surface area (Å²) in [6.07, 6.45) is 0.677. The molecule has 1 aromatic carbocycles. The highest BCUT2D eigenvalue weighted by Gasteiger charge is 2.13. The van der Waals surface area contributed by atoms with Gasteiger partial charge >= 0.3 is 0 Å². The van der Waals surface area contributed by atoms with Gasteiger partial charge in [0, 0.05) is 23.0 Å². The second kappa shape index (κ2) is 8.79. The Hall–Kier alpha value is -2.71. The number of aryl methyl sites for hydroxylation is 1. The van der Waals surface area contributed by atoms with Gasteiger partial charge in [0.05, 0.1) is 6.54 Å². The second-order valence-corrected chi connectivity index (χ2v) is 7.15. The van der Waals surface area contributed by atoms with E-state index in [-0.39, 0.29) is 24.1 Å². The van der Waals surface area contributed by atoms with E-state index in [1.807, 2.05) is 24.3 Å². The lowest BCUT2D eigenvalue weighted by Gasteiger charge is -2.04. The molecule has 2 aromatic heterocycles. The zero-order chi connectivity index (χ0) is 19.2. The molecule has 0 atom stereocenters. The van der Waals surface area contributed by atoms with E-state index in [2.05, 4.69) is 20.8 Å². The zero-order valence-corrected chi connectivity index (χ0v) is 16.1. The third-order valence-electron chi connectivity index (χ3n) is 3.63. The van der Waals surface area contributed by atoms with Crippen LogP contribution in [0.25, 0.3) is 0 Å². The van der Waals surface area contributed by atoms with Crippen LogP contribution in [0.3, 0.4) is 0 Å². The molecular weight excluding hydrogens is 388 g/mol. The lowest BCUT2D eigenvalue weighted by Crippen LogP contribution is -2.26. The fourth-order valence-corrected chi connectivity index (χ4v) is 3.25. The molecule has 0 fully saturated rings. The van der Waals surface area contributed by atoms with Crippen molar-refractivity contribution in [2.75, 3.05) is 6.54 Å². The molecule has 0 bridgehead atoms. The number of carbonyl (C=O) groups excluding carboxylic acids is 2. The van der Waals surface area contributed by atoms with Crippen LogP contribution in [-0.2, 0) is 13.0 Å². The second-order valence-electron chi connectivity index (χ2n) is 5.77. The molecule has 3 rings (SSSR count). The van der Waals surface area contributed by atoms with Gasteiger partial charge in [0.1, 0.15) is 16.5 Å². The first-order chi connectivity index (χ1) is 13.0. The molecule has 0 aliphatic heterocycles. The molecule has 0 radical (unpaired) electrons. The van der Waals surface area contributed by atoms with Crippen LogP contribution in [0.4, 0.5) is 0 Å². The predicted octanol–water partition coefficient (Wildman–Crippen LogP) is 3.00. The lowest BCUT2D eigenvalue weighted by molar-refractivity contribution is 0.0939. The zero-order valence-electron chi connectivity index (χ0n) is 14.5. The van der Waals surface area contributed by atoms with Crippen molar-refractivity contribution in [3.05, 3.63) is 68.5 Å². The summed E-state index contributed by atoms with van der Waals surface area (Å²) in [5, 5.41) is 12.1. The fourth-order valence-electron chi connectivity index (χ4n) is 2.32. The predicted molar refractivity (Wildman–Crippen MR) is 102 cm³/mol. The van der Waals surface area contributed by atoms with Crippen LogP contribution in [0.2, 0.25) is 5.02 Å². The van der Waals surface area contributed by atoms with Crippen molar-refractivity contribution < 1.29 is 14.1 Å². The summed E-state index contributed by atoms with van der Waals surface area (Å²) >= 11 is 7.25. The van der Waals surface area contributed by atoms with Crippen LogP contribution in [0, 0.1) is 6.92 Å². The lowest BCUT2D eigenvalue weighted by atomic mass is 10.1. The number of rotatable bonds is 7. The van der Waals surface area contributed by atoms with E-state index >= 15 is 0 Å². The molecular formula is C18H17ClN4O3S. The number of nitrogens with one attached hydrogen (secondary N) is 2. The van der Waals surface area contributed by atoms with Crippen molar-refractivity contribution in [1.82, 2.24) is 20.8 Å². The maximum Gasteiger partial charge on any atom is 0.273 e. The third kappa shape index (κ3) is 5.38. The molecule has 0 aliphatic rings. The maximum absolute atomic E-state index is 12.2. The largest absolute Gasteiger partial charge is 0.361 e. The molecule has 0 saturated carbocycles. The van der Waals surface area contributed by atoms with Gasteiger partial charge < -0.3 is 15.2 Å². The van der Waals surface area contributed by atoms with Crippen molar-refractivity contribution >= 4 is 34.8 Å². The van der Waals surface area contributed by atoms with Gasteiger partial charge in [-0.25, -0.2) is 4.98 Å². The number of amides is 2. The van der Waals surface area contributed by atoms with Gasteiger partial charge in [-0.2, -0.15) is 0 Å². The number of halogens is 1. The Bertz CT molecular complexity index is 953. The van der Waals surface area contributed by atoms with Crippen LogP contribution < -0.4 is 10.6 Å². The molecule has 2 amide bonds. The van der Waals surface area contributed by atoms with Gasteiger partial charge in [0.15, 0.2) is 5.69 Å². The van der Waals surface area contributed by atoms with E-state index in [0.29, 0.717) is 34.5 Å². The van der Waals surface area contributed by atoms with Crippen molar-refractivity contribution in [2.45, 2.75) is 19.9 Å². The average molecular weight is 405 g/mol. The Labute approximate surface area is 164 Å². The highest BCUT2D eigenvalue weighted by Crippen LogP contribution is 2.12. The summed E-state index contributed by atoms with van der Waals surface area (Å²) in [6, 6.07) is 9.06. The molecule has 0 aliphatic carbocycles. The van der Waals surface area contributed by atoms with Gasteiger partial charge in [-0.05, 0) is 31.0 Å². The van der Waals surface area contributed by atoms with Gasteiger partial charge in [0.25, 0.3) is 11.8 Å². The molecule has 9 heteroatoms. The Balaban J connectivity index is 1.46. The van der Waals surface area contributed by atoms with Crippen LogP contribution >= 0.6 is 22.9 Å². The van der Waals surface area contributed by atoms with Gasteiger partial charge in [-0.3, -0.25) is 9.59 Å². The molecule has 2 N–H and O–H groups in total. The maximum atomic E-state index is 12.2. The highest BCUT2D eigenvalue weighted by atomic mass is 35.5. The number of carbonyl (C=O) groups is 2. The molecule has 0 saturated heterocycles. The summed E-state index contributed by atoms with van der Waals surface area (Å²) in [4.78, 5) is 28.3. The topological polar surface area (TPSA) is 97.1 Å². The van der Waals surface area contributed by atoms with E-state index in [0.717, 1.165) is 5.56 Å². The highest BCUT2D eigenvalue weighted by molar-refractivity contribution is 7.09. The monoisotopic (exact) mass is 404 g/mol. The van der Waals surface area contributed by atoms with E-state index in [4.69, 9.17) is 16.1 Å². The molecule has 2 heterocycles. The Morgan fingerprint density at radius 1 is 1.19 bits per heavy atom. The fraction of sp³-hybridized carbons (Fsp3) is 0.222. The minimum atomic E-state index is -0.352.